The minimum Gasteiger partial charge on any atom is -0.481 e. The lowest BCUT2D eigenvalue weighted by molar-refractivity contribution is -0.180. The highest BCUT2D eigenvalue weighted by atomic mass is 16.7. The van der Waals surface area contributed by atoms with Crippen molar-refractivity contribution in [2.24, 2.45) is 10.7 Å². The fourth-order valence-electron chi connectivity index (χ4n) is 4.25. The van der Waals surface area contributed by atoms with Crippen LogP contribution in [0.15, 0.2) is 41.2 Å². The van der Waals surface area contributed by atoms with Gasteiger partial charge in [-0.05, 0) is 31.1 Å². The number of carbonyl (C=O) groups excluding carboxylic acids is 1. The maximum absolute atomic E-state index is 13.1. The maximum Gasteiger partial charge on any atom is 0.305 e. The average molecular weight is 629 g/mol. The molecule has 1 unspecified atom stereocenters. The summed E-state index contributed by atoms with van der Waals surface area (Å²) < 4.78 is 15.9. The summed E-state index contributed by atoms with van der Waals surface area (Å²) in [6.45, 7) is 6.90. The molecule has 5 N–H and O–H groups in total. The molecule has 0 saturated carbocycles. The van der Waals surface area contributed by atoms with E-state index in [0.717, 1.165) is 23.1 Å². The Morgan fingerprint density at radius 2 is 1.71 bits per heavy atom. The first-order chi connectivity index (χ1) is 21.8. The number of amides is 1. The van der Waals surface area contributed by atoms with E-state index >= 15 is 0 Å². The quantitative estimate of drug-likeness (QED) is 0.0898. The fourth-order valence-corrected chi connectivity index (χ4v) is 4.25. The third-order valence-electron chi connectivity index (χ3n) is 6.48. The fraction of sp³-hybridized carbons (Fsp3) is 0.516. The summed E-state index contributed by atoms with van der Waals surface area (Å²) in [5, 5.41) is 23.1. The zero-order valence-corrected chi connectivity index (χ0v) is 25.9. The van der Waals surface area contributed by atoms with Crippen LogP contribution in [0.2, 0.25) is 0 Å². The second-order valence-electron chi connectivity index (χ2n) is 10.1. The number of carbonyl (C=O) groups is 2. The van der Waals surface area contributed by atoms with E-state index in [1.54, 1.807) is 12.4 Å². The molecule has 0 radical (unpaired) electrons. The summed E-state index contributed by atoms with van der Waals surface area (Å²) in [5.41, 5.74) is 9.77. The third-order valence-corrected chi connectivity index (χ3v) is 6.48. The number of aliphatic carboxylic acids is 1. The van der Waals surface area contributed by atoms with Crippen molar-refractivity contribution in [3.63, 3.8) is 0 Å². The molecule has 14 nitrogen and oxygen atoms in total. The van der Waals surface area contributed by atoms with Crippen LogP contribution in [0.3, 0.4) is 0 Å². The van der Waals surface area contributed by atoms with Gasteiger partial charge in [-0.25, -0.2) is 20.0 Å². The Morgan fingerprint density at radius 3 is 2.38 bits per heavy atom. The minimum atomic E-state index is -0.896. The Balaban J connectivity index is 1.44. The summed E-state index contributed by atoms with van der Waals surface area (Å²) in [6, 6.07) is 5.70. The molecule has 1 aliphatic heterocycles. The van der Waals surface area contributed by atoms with Crippen LogP contribution in [0.1, 0.15) is 50.9 Å². The van der Waals surface area contributed by atoms with Crippen LogP contribution in [0.5, 0.6) is 0 Å². The van der Waals surface area contributed by atoms with Crippen LogP contribution in [-0.4, -0.2) is 102 Å². The van der Waals surface area contributed by atoms with E-state index in [9.17, 15) is 14.7 Å². The Bertz CT molecular complexity index is 1280. The first-order valence-corrected chi connectivity index (χ1v) is 15.1. The molecule has 3 rings (SSSR count). The lowest BCUT2D eigenvalue weighted by Gasteiger charge is -2.21. The van der Waals surface area contributed by atoms with Gasteiger partial charge in [0.1, 0.15) is 17.9 Å². The SMILES string of the molecule is CCCN(OCC)C(=O)C1=Cc2ccc(-c3cnc(CNC(O)CCOCCOCCOCCC(=O)O)nc3)cc2N=C(N)C1. The first-order valence-electron chi connectivity index (χ1n) is 15.1. The van der Waals surface area contributed by atoms with Crippen molar-refractivity contribution in [1.82, 2.24) is 20.3 Å². The zero-order valence-electron chi connectivity index (χ0n) is 25.9. The predicted molar refractivity (Wildman–Crippen MR) is 167 cm³/mol. The molecule has 14 heteroatoms. The molecular formula is C31H44N6O8. The van der Waals surface area contributed by atoms with Gasteiger partial charge in [0.15, 0.2) is 0 Å². The number of aromatic nitrogens is 2. The van der Waals surface area contributed by atoms with Crippen LogP contribution in [-0.2, 0) is 35.2 Å². The number of carboxylic acid groups (broad SMARTS) is 1. The molecule has 1 aliphatic rings. The van der Waals surface area contributed by atoms with Gasteiger partial charge < -0.3 is 30.2 Å². The number of nitrogens with zero attached hydrogens (tertiary/aromatic N) is 4. The highest BCUT2D eigenvalue weighted by molar-refractivity contribution is 6.05. The topological polar surface area (TPSA) is 191 Å². The van der Waals surface area contributed by atoms with Gasteiger partial charge in [-0.15, -0.1) is 0 Å². The number of amidine groups is 1. The van der Waals surface area contributed by atoms with Gasteiger partial charge in [0.25, 0.3) is 5.91 Å². The molecule has 246 valence electrons. The van der Waals surface area contributed by atoms with E-state index in [0.29, 0.717) is 75.5 Å². The highest BCUT2D eigenvalue weighted by Gasteiger charge is 2.22. The van der Waals surface area contributed by atoms with Crippen molar-refractivity contribution < 1.29 is 38.9 Å². The van der Waals surface area contributed by atoms with Crippen molar-refractivity contribution in [2.75, 3.05) is 52.8 Å². The van der Waals surface area contributed by atoms with Crippen molar-refractivity contribution in [3.8, 4) is 11.1 Å². The van der Waals surface area contributed by atoms with E-state index in [-0.39, 0.29) is 31.9 Å². The molecule has 2 heterocycles. The number of aliphatic imine (C=N–C) groups is 1. The summed E-state index contributed by atoms with van der Waals surface area (Å²) in [7, 11) is 0. The Labute approximate surface area is 263 Å². The number of nitrogens with two attached hydrogens (primary N) is 1. The molecule has 1 aromatic carbocycles. The highest BCUT2D eigenvalue weighted by Crippen LogP contribution is 2.31. The van der Waals surface area contributed by atoms with Crippen molar-refractivity contribution in [1.29, 1.82) is 0 Å². The molecular weight excluding hydrogens is 584 g/mol. The van der Waals surface area contributed by atoms with Gasteiger partial charge in [-0.3, -0.25) is 19.7 Å². The molecule has 1 atom stereocenters. The molecule has 1 amide bonds. The standard InChI is InChI=1S/C31H44N6O8/c1-3-9-37(45-4-2)31(41)24-16-23-6-5-22(17-26(23)36-27(32)18-24)25-19-33-28(34-20-25)21-35-29(38)7-10-42-12-14-44-15-13-43-11-8-30(39)40/h5-6,16-17,19-20,29,35,38H,3-4,7-15,18,21H2,1-2H3,(H2,32,36)(H,39,40). The van der Waals surface area contributed by atoms with Gasteiger partial charge in [0.2, 0.25) is 0 Å². The Morgan fingerprint density at radius 1 is 1.02 bits per heavy atom. The summed E-state index contributed by atoms with van der Waals surface area (Å²) in [4.78, 5) is 42.4. The second-order valence-corrected chi connectivity index (χ2v) is 10.1. The number of hydrogen-bond acceptors (Lipinski definition) is 12. The molecule has 0 aliphatic carbocycles. The average Bonchev–Trinajstić information content (AvgIpc) is 3.19. The van der Waals surface area contributed by atoms with Crippen LogP contribution < -0.4 is 11.1 Å². The lowest BCUT2D eigenvalue weighted by atomic mass is 10.0. The second kappa shape index (κ2) is 19.6. The van der Waals surface area contributed by atoms with Gasteiger partial charge >= 0.3 is 5.97 Å². The number of aliphatic hydroxyl groups is 1. The minimum absolute atomic E-state index is 0.0299. The van der Waals surface area contributed by atoms with Gasteiger partial charge in [-0.2, -0.15) is 0 Å². The van der Waals surface area contributed by atoms with Crippen LogP contribution in [0, 0.1) is 0 Å². The van der Waals surface area contributed by atoms with E-state index < -0.39 is 12.2 Å². The number of ether oxygens (including phenoxy) is 3. The summed E-state index contributed by atoms with van der Waals surface area (Å²) in [6.07, 6.45) is 5.77. The van der Waals surface area contributed by atoms with Crippen molar-refractivity contribution >= 4 is 29.5 Å². The zero-order chi connectivity index (χ0) is 32.4. The lowest BCUT2D eigenvalue weighted by Crippen LogP contribution is -2.34. The third kappa shape index (κ3) is 12.6. The number of nitrogens with one attached hydrogen (secondary N) is 1. The van der Waals surface area contributed by atoms with Crippen molar-refractivity contribution in [3.05, 3.63) is 47.6 Å². The van der Waals surface area contributed by atoms with E-state index in [1.807, 2.05) is 38.1 Å². The maximum atomic E-state index is 13.1. The summed E-state index contributed by atoms with van der Waals surface area (Å²) in [5.74, 6) is -0.256. The number of carboxylic acids is 1. The van der Waals surface area contributed by atoms with E-state index in [1.165, 1.54) is 5.06 Å². The van der Waals surface area contributed by atoms with Gasteiger partial charge in [0.05, 0.1) is 64.9 Å². The molecule has 0 saturated heterocycles. The number of rotatable bonds is 21. The van der Waals surface area contributed by atoms with E-state index in [2.05, 4.69) is 20.3 Å². The Hall–Kier alpha value is -3.79. The molecule has 45 heavy (non-hydrogen) atoms. The number of hydrogen-bond donors (Lipinski definition) is 4. The monoisotopic (exact) mass is 628 g/mol. The predicted octanol–water partition coefficient (Wildman–Crippen LogP) is 2.43. The van der Waals surface area contributed by atoms with Gasteiger partial charge in [0, 0.05) is 48.5 Å². The van der Waals surface area contributed by atoms with Crippen LogP contribution >= 0.6 is 0 Å². The van der Waals surface area contributed by atoms with Crippen LogP contribution in [0.4, 0.5) is 5.69 Å². The molecule has 0 bridgehead atoms. The molecule has 0 fully saturated rings. The normalized spacial score (nSPS) is 13.4. The van der Waals surface area contributed by atoms with Crippen LogP contribution in [0.25, 0.3) is 17.2 Å². The molecule has 1 aromatic heterocycles. The first kappa shape index (κ1) is 35.7. The largest absolute Gasteiger partial charge is 0.481 e. The number of fused-ring (bicyclic) bond motifs is 1. The smallest absolute Gasteiger partial charge is 0.305 e. The molecule has 2 aromatic rings. The van der Waals surface area contributed by atoms with Crippen molar-refractivity contribution in [2.45, 2.75) is 52.3 Å². The number of benzene rings is 1. The number of aliphatic hydroxyl groups excluding tert-OH is 1. The Kier molecular flexibility index (Phi) is 15.5. The number of hydroxylamine groups is 2. The molecule has 0 spiro atoms. The summed E-state index contributed by atoms with van der Waals surface area (Å²) >= 11 is 0. The van der Waals surface area contributed by atoms with Gasteiger partial charge in [-0.1, -0.05) is 19.1 Å². The van der Waals surface area contributed by atoms with E-state index in [4.69, 9.17) is 29.9 Å².